The van der Waals surface area contributed by atoms with Gasteiger partial charge in [0.1, 0.15) is 0 Å². The Morgan fingerprint density at radius 1 is 1.32 bits per heavy atom. The molecule has 0 radical (unpaired) electrons. The molecule has 0 bridgehead atoms. The summed E-state index contributed by atoms with van der Waals surface area (Å²) in [7, 11) is 1.39. The van der Waals surface area contributed by atoms with Crippen molar-refractivity contribution in [2.45, 2.75) is 50.6 Å². The molecular weight excluding hydrogens is 244 g/mol. The Balaban J connectivity index is 1.98. The zero-order valence-electron chi connectivity index (χ0n) is 11.3. The van der Waals surface area contributed by atoms with Gasteiger partial charge in [0.15, 0.2) is 5.69 Å². The molecule has 3 rings (SSSR count). The van der Waals surface area contributed by atoms with Gasteiger partial charge in [-0.2, -0.15) is 0 Å². The lowest BCUT2D eigenvalue weighted by molar-refractivity contribution is 0.0591. The van der Waals surface area contributed by atoms with Gasteiger partial charge in [0.25, 0.3) is 0 Å². The van der Waals surface area contributed by atoms with Crippen molar-refractivity contribution in [1.29, 1.82) is 0 Å². The van der Waals surface area contributed by atoms with Crippen LogP contribution in [0.4, 0.5) is 0 Å². The number of nitrogens with zero attached hydrogens (tertiary/aromatic N) is 3. The topological polar surface area (TPSA) is 69.0 Å². The molecule has 1 aliphatic heterocycles. The van der Waals surface area contributed by atoms with Crippen molar-refractivity contribution in [3.8, 4) is 0 Å². The van der Waals surface area contributed by atoms with Crippen LogP contribution in [0.15, 0.2) is 0 Å². The molecule has 1 N–H and O–H groups in total. The van der Waals surface area contributed by atoms with E-state index in [1.807, 2.05) is 4.68 Å². The maximum atomic E-state index is 11.9. The minimum Gasteiger partial charge on any atom is -0.464 e. The highest BCUT2D eigenvalue weighted by Gasteiger charge is 2.32. The van der Waals surface area contributed by atoms with Gasteiger partial charge in [-0.1, -0.05) is 18.1 Å². The lowest BCUT2D eigenvalue weighted by Crippen LogP contribution is -2.22. The quantitative estimate of drug-likeness (QED) is 0.840. The maximum absolute atomic E-state index is 11.9. The number of carbonyl (C=O) groups is 1. The molecule has 0 spiro atoms. The molecule has 6 nitrogen and oxygen atoms in total. The normalized spacial score (nSPS) is 23.9. The molecule has 104 valence electrons. The van der Waals surface area contributed by atoms with E-state index in [0.717, 1.165) is 37.9 Å². The molecule has 1 saturated carbocycles. The van der Waals surface area contributed by atoms with E-state index in [1.54, 1.807) is 0 Å². The lowest BCUT2D eigenvalue weighted by Gasteiger charge is -2.18. The van der Waals surface area contributed by atoms with E-state index in [-0.39, 0.29) is 12.0 Å². The SMILES string of the molecule is COC(=O)c1nnn(C2CCCC2)c1C1CCCN1. The highest BCUT2D eigenvalue weighted by molar-refractivity contribution is 5.88. The number of carbonyl (C=O) groups excluding carboxylic acids is 1. The van der Waals surface area contributed by atoms with Crippen LogP contribution in [-0.2, 0) is 4.74 Å². The molecule has 2 aliphatic rings. The van der Waals surface area contributed by atoms with Crippen molar-refractivity contribution in [2.75, 3.05) is 13.7 Å². The summed E-state index contributed by atoms with van der Waals surface area (Å²) < 4.78 is 6.80. The van der Waals surface area contributed by atoms with E-state index in [1.165, 1.54) is 20.0 Å². The number of hydrogen-bond donors (Lipinski definition) is 1. The fourth-order valence-electron chi connectivity index (χ4n) is 3.20. The molecular formula is C13H20N4O2. The molecule has 1 aliphatic carbocycles. The smallest absolute Gasteiger partial charge is 0.360 e. The van der Waals surface area contributed by atoms with Crippen molar-refractivity contribution in [1.82, 2.24) is 20.3 Å². The van der Waals surface area contributed by atoms with E-state index >= 15 is 0 Å². The summed E-state index contributed by atoms with van der Waals surface area (Å²) in [6.07, 6.45) is 6.88. The second kappa shape index (κ2) is 5.28. The number of rotatable bonds is 3. The van der Waals surface area contributed by atoms with Crippen LogP contribution in [0.25, 0.3) is 0 Å². The Labute approximate surface area is 112 Å². The van der Waals surface area contributed by atoms with E-state index in [4.69, 9.17) is 4.74 Å². The molecule has 1 aromatic rings. The van der Waals surface area contributed by atoms with E-state index in [9.17, 15) is 4.79 Å². The summed E-state index contributed by atoms with van der Waals surface area (Å²) in [6.45, 7) is 0.987. The first-order valence-electron chi connectivity index (χ1n) is 7.08. The minimum absolute atomic E-state index is 0.185. The molecule has 19 heavy (non-hydrogen) atoms. The van der Waals surface area contributed by atoms with Crippen LogP contribution >= 0.6 is 0 Å². The molecule has 1 atom stereocenters. The fraction of sp³-hybridized carbons (Fsp3) is 0.769. The predicted octanol–water partition coefficient (Wildman–Crippen LogP) is 1.60. The largest absolute Gasteiger partial charge is 0.464 e. The van der Waals surface area contributed by atoms with Gasteiger partial charge in [0.2, 0.25) is 0 Å². The third-order valence-electron chi connectivity index (χ3n) is 4.17. The second-order valence-electron chi connectivity index (χ2n) is 5.35. The Bertz CT molecular complexity index is 459. The molecule has 1 saturated heterocycles. The number of nitrogens with one attached hydrogen (secondary N) is 1. The number of hydrogen-bond acceptors (Lipinski definition) is 5. The maximum Gasteiger partial charge on any atom is 0.360 e. The first-order chi connectivity index (χ1) is 9.31. The lowest BCUT2D eigenvalue weighted by atomic mass is 10.1. The third-order valence-corrected chi connectivity index (χ3v) is 4.17. The van der Waals surface area contributed by atoms with Crippen molar-refractivity contribution >= 4 is 5.97 Å². The van der Waals surface area contributed by atoms with Gasteiger partial charge in [-0.3, -0.25) is 0 Å². The van der Waals surface area contributed by atoms with Crippen LogP contribution in [0, 0.1) is 0 Å². The summed E-state index contributed by atoms with van der Waals surface area (Å²) in [4.78, 5) is 11.9. The van der Waals surface area contributed by atoms with E-state index in [0.29, 0.717) is 11.7 Å². The van der Waals surface area contributed by atoms with Crippen molar-refractivity contribution in [3.05, 3.63) is 11.4 Å². The van der Waals surface area contributed by atoms with Crippen LogP contribution in [0.2, 0.25) is 0 Å². The fourth-order valence-corrected chi connectivity index (χ4v) is 3.20. The molecule has 0 amide bonds. The molecule has 6 heteroatoms. The van der Waals surface area contributed by atoms with Crippen LogP contribution in [0.1, 0.15) is 66.8 Å². The molecule has 1 aromatic heterocycles. The predicted molar refractivity (Wildman–Crippen MR) is 68.8 cm³/mol. The number of esters is 1. The van der Waals surface area contributed by atoms with Gasteiger partial charge < -0.3 is 10.1 Å². The second-order valence-corrected chi connectivity index (χ2v) is 5.35. The standard InChI is InChI=1S/C13H20N4O2/c1-19-13(18)11-12(10-7-4-8-14-10)17(16-15-11)9-5-2-3-6-9/h9-10,14H,2-8H2,1H3. The number of methoxy groups -OCH3 is 1. The van der Waals surface area contributed by atoms with Crippen molar-refractivity contribution < 1.29 is 9.53 Å². The van der Waals surface area contributed by atoms with E-state index < -0.39 is 0 Å². The Morgan fingerprint density at radius 2 is 2.11 bits per heavy atom. The zero-order valence-corrected chi connectivity index (χ0v) is 11.3. The minimum atomic E-state index is -0.382. The zero-order chi connectivity index (χ0) is 13.2. The first kappa shape index (κ1) is 12.6. The highest BCUT2D eigenvalue weighted by Crippen LogP contribution is 2.34. The Hall–Kier alpha value is -1.43. The number of aromatic nitrogens is 3. The van der Waals surface area contributed by atoms with Gasteiger partial charge in [-0.25, -0.2) is 9.48 Å². The molecule has 2 fully saturated rings. The molecule has 1 unspecified atom stereocenters. The van der Waals surface area contributed by atoms with Crippen molar-refractivity contribution in [3.63, 3.8) is 0 Å². The van der Waals surface area contributed by atoms with Crippen molar-refractivity contribution in [2.24, 2.45) is 0 Å². The Morgan fingerprint density at radius 3 is 2.74 bits per heavy atom. The van der Waals surface area contributed by atoms with Gasteiger partial charge >= 0.3 is 5.97 Å². The van der Waals surface area contributed by atoms with Crippen LogP contribution < -0.4 is 5.32 Å². The summed E-state index contributed by atoms with van der Waals surface area (Å²) >= 11 is 0. The number of ether oxygens (including phenoxy) is 1. The van der Waals surface area contributed by atoms with Gasteiger partial charge in [0.05, 0.1) is 24.9 Å². The third kappa shape index (κ3) is 2.25. The first-order valence-corrected chi connectivity index (χ1v) is 7.08. The van der Waals surface area contributed by atoms with E-state index in [2.05, 4.69) is 15.6 Å². The van der Waals surface area contributed by atoms with Gasteiger partial charge in [0, 0.05) is 0 Å². The highest BCUT2D eigenvalue weighted by atomic mass is 16.5. The summed E-state index contributed by atoms with van der Waals surface area (Å²) in [6, 6.07) is 0.577. The average Bonchev–Trinajstić information content (AvgIpc) is 3.14. The van der Waals surface area contributed by atoms with Crippen LogP contribution in [-0.4, -0.2) is 34.6 Å². The van der Waals surface area contributed by atoms with Gasteiger partial charge in [-0.05, 0) is 32.2 Å². The molecule has 2 heterocycles. The summed E-state index contributed by atoms with van der Waals surface area (Å²) in [5.41, 5.74) is 1.31. The summed E-state index contributed by atoms with van der Waals surface area (Å²) in [5, 5.41) is 11.7. The van der Waals surface area contributed by atoms with Crippen LogP contribution in [0.3, 0.4) is 0 Å². The Kier molecular flexibility index (Phi) is 3.50. The summed E-state index contributed by atoms with van der Waals surface area (Å²) in [5.74, 6) is -0.382. The van der Waals surface area contributed by atoms with Gasteiger partial charge in [-0.15, -0.1) is 5.10 Å². The monoisotopic (exact) mass is 264 g/mol. The van der Waals surface area contributed by atoms with Crippen LogP contribution in [0.5, 0.6) is 0 Å². The molecule has 0 aromatic carbocycles. The average molecular weight is 264 g/mol.